The Labute approximate surface area is 128 Å². The SMILES string of the molecule is Cc1ccc(CN2CC(C3CC3)NCC23CCCC3)cc1. The van der Waals surface area contributed by atoms with E-state index in [1.54, 1.807) is 0 Å². The Balaban J connectivity index is 1.53. The average Bonchev–Trinajstić information content (AvgIpc) is 3.24. The van der Waals surface area contributed by atoms with E-state index in [2.05, 4.69) is 41.4 Å². The summed E-state index contributed by atoms with van der Waals surface area (Å²) in [7, 11) is 0. The van der Waals surface area contributed by atoms with Gasteiger partial charge in [0.05, 0.1) is 0 Å². The quantitative estimate of drug-likeness (QED) is 0.914. The first kappa shape index (κ1) is 13.8. The van der Waals surface area contributed by atoms with Gasteiger partial charge >= 0.3 is 0 Å². The van der Waals surface area contributed by atoms with Crippen molar-refractivity contribution in [2.75, 3.05) is 13.1 Å². The van der Waals surface area contributed by atoms with Crippen molar-refractivity contribution in [3.8, 4) is 0 Å². The normalized spacial score (nSPS) is 29.1. The zero-order valence-corrected chi connectivity index (χ0v) is 13.3. The second-order valence-corrected chi connectivity index (χ2v) is 7.62. The number of nitrogens with one attached hydrogen (secondary N) is 1. The molecule has 1 saturated heterocycles. The minimum Gasteiger partial charge on any atom is -0.311 e. The van der Waals surface area contributed by atoms with Crippen LogP contribution in [0.2, 0.25) is 0 Å². The van der Waals surface area contributed by atoms with E-state index in [0.29, 0.717) is 5.54 Å². The van der Waals surface area contributed by atoms with Crippen LogP contribution in [0.3, 0.4) is 0 Å². The van der Waals surface area contributed by atoms with Crippen LogP contribution in [0.1, 0.15) is 49.7 Å². The number of piperazine rings is 1. The first-order chi connectivity index (χ1) is 10.3. The summed E-state index contributed by atoms with van der Waals surface area (Å²) < 4.78 is 0. The molecule has 114 valence electrons. The number of benzene rings is 1. The van der Waals surface area contributed by atoms with Gasteiger partial charge in [0.15, 0.2) is 0 Å². The van der Waals surface area contributed by atoms with Crippen molar-refractivity contribution in [1.29, 1.82) is 0 Å². The Morgan fingerprint density at radius 1 is 1.14 bits per heavy atom. The van der Waals surface area contributed by atoms with Crippen LogP contribution in [-0.4, -0.2) is 29.6 Å². The molecule has 1 unspecified atom stereocenters. The summed E-state index contributed by atoms with van der Waals surface area (Å²) in [5.41, 5.74) is 3.31. The number of hydrogen-bond acceptors (Lipinski definition) is 2. The van der Waals surface area contributed by atoms with E-state index in [1.165, 1.54) is 62.7 Å². The van der Waals surface area contributed by atoms with Crippen molar-refractivity contribution in [1.82, 2.24) is 10.2 Å². The molecule has 2 saturated carbocycles. The van der Waals surface area contributed by atoms with Gasteiger partial charge in [-0.2, -0.15) is 0 Å². The molecule has 1 aromatic rings. The molecule has 0 bridgehead atoms. The summed E-state index contributed by atoms with van der Waals surface area (Å²) in [5.74, 6) is 0.962. The molecule has 21 heavy (non-hydrogen) atoms. The summed E-state index contributed by atoms with van der Waals surface area (Å²) in [4.78, 5) is 2.84. The first-order valence-corrected chi connectivity index (χ1v) is 8.79. The van der Waals surface area contributed by atoms with Crippen LogP contribution >= 0.6 is 0 Å². The van der Waals surface area contributed by atoms with E-state index in [9.17, 15) is 0 Å². The van der Waals surface area contributed by atoms with E-state index in [-0.39, 0.29) is 0 Å². The third-order valence-corrected chi connectivity index (χ3v) is 6.00. The average molecular weight is 284 g/mol. The molecular weight excluding hydrogens is 256 g/mol. The molecule has 1 N–H and O–H groups in total. The fourth-order valence-electron chi connectivity index (χ4n) is 4.42. The molecule has 1 aromatic carbocycles. The highest BCUT2D eigenvalue weighted by Crippen LogP contribution is 2.41. The van der Waals surface area contributed by atoms with Gasteiger partial charge in [-0.3, -0.25) is 4.90 Å². The summed E-state index contributed by atoms with van der Waals surface area (Å²) in [5, 5.41) is 3.90. The van der Waals surface area contributed by atoms with E-state index in [4.69, 9.17) is 0 Å². The molecule has 3 aliphatic rings. The predicted octanol–water partition coefficient (Wildman–Crippen LogP) is 3.49. The van der Waals surface area contributed by atoms with Gasteiger partial charge in [-0.15, -0.1) is 0 Å². The maximum atomic E-state index is 3.90. The molecule has 1 spiro atoms. The molecule has 0 radical (unpaired) electrons. The molecule has 2 heteroatoms. The summed E-state index contributed by atoms with van der Waals surface area (Å²) in [6, 6.07) is 9.92. The van der Waals surface area contributed by atoms with Crippen LogP contribution in [0.5, 0.6) is 0 Å². The first-order valence-electron chi connectivity index (χ1n) is 8.79. The van der Waals surface area contributed by atoms with Gasteiger partial charge in [0.25, 0.3) is 0 Å². The third-order valence-electron chi connectivity index (χ3n) is 6.00. The van der Waals surface area contributed by atoms with E-state index in [1.807, 2.05) is 0 Å². The summed E-state index contributed by atoms with van der Waals surface area (Å²) in [6.07, 6.45) is 8.51. The van der Waals surface area contributed by atoms with E-state index < -0.39 is 0 Å². The lowest BCUT2D eigenvalue weighted by Crippen LogP contribution is -2.63. The minimum atomic E-state index is 0.455. The monoisotopic (exact) mass is 284 g/mol. The Hall–Kier alpha value is -0.860. The lowest BCUT2D eigenvalue weighted by Gasteiger charge is -2.48. The van der Waals surface area contributed by atoms with Crippen molar-refractivity contribution in [3.63, 3.8) is 0 Å². The van der Waals surface area contributed by atoms with Crippen LogP contribution < -0.4 is 5.32 Å². The highest BCUT2D eigenvalue weighted by atomic mass is 15.3. The van der Waals surface area contributed by atoms with Crippen LogP contribution in [0, 0.1) is 12.8 Å². The van der Waals surface area contributed by atoms with Gasteiger partial charge in [-0.05, 0) is 44.1 Å². The van der Waals surface area contributed by atoms with Crippen LogP contribution in [-0.2, 0) is 6.54 Å². The molecule has 0 aromatic heterocycles. The number of aryl methyl sites for hydroxylation is 1. The largest absolute Gasteiger partial charge is 0.311 e. The van der Waals surface area contributed by atoms with Crippen LogP contribution in [0.4, 0.5) is 0 Å². The van der Waals surface area contributed by atoms with Crippen LogP contribution in [0.25, 0.3) is 0 Å². The lowest BCUT2D eigenvalue weighted by atomic mass is 9.89. The van der Waals surface area contributed by atoms with Crippen molar-refractivity contribution < 1.29 is 0 Å². The Bertz CT molecular complexity index is 483. The zero-order chi connectivity index (χ0) is 14.3. The minimum absolute atomic E-state index is 0.455. The zero-order valence-electron chi connectivity index (χ0n) is 13.3. The Morgan fingerprint density at radius 3 is 2.52 bits per heavy atom. The Morgan fingerprint density at radius 2 is 1.86 bits per heavy atom. The number of hydrogen-bond donors (Lipinski definition) is 1. The van der Waals surface area contributed by atoms with Crippen molar-refractivity contribution in [3.05, 3.63) is 35.4 Å². The maximum absolute atomic E-state index is 3.90. The van der Waals surface area contributed by atoms with Gasteiger partial charge in [0, 0.05) is 31.2 Å². The number of rotatable bonds is 3. The van der Waals surface area contributed by atoms with Crippen LogP contribution in [0.15, 0.2) is 24.3 Å². The lowest BCUT2D eigenvalue weighted by molar-refractivity contribution is 0.0311. The second kappa shape index (κ2) is 5.40. The highest BCUT2D eigenvalue weighted by Gasteiger charge is 2.46. The molecule has 3 fully saturated rings. The second-order valence-electron chi connectivity index (χ2n) is 7.62. The van der Waals surface area contributed by atoms with E-state index in [0.717, 1.165) is 18.5 Å². The molecule has 0 amide bonds. The molecule has 1 aliphatic heterocycles. The third kappa shape index (κ3) is 2.76. The van der Waals surface area contributed by atoms with Gasteiger partial charge < -0.3 is 5.32 Å². The van der Waals surface area contributed by atoms with Gasteiger partial charge in [0.2, 0.25) is 0 Å². The van der Waals surface area contributed by atoms with Crippen molar-refractivity contribution in [2.24, 2.45) is 5.92 Å². The smallest absolute Gasteiger partial charge is 0.0338 e. The molecular formula is C19H28N2. The summed E-state index contributed by atoms with van der Waals surface area (Å²) >= 11 is 0. The molecule has 2 nitrogen and oxygen atoms in total. The topological polar surface area (TPSA) is 15.3 Å². The molecule has 1 atom stereocenters. The number of nitrogens with zero attached hydrogens (tertiary/aromatic N) is 1. The highest BCUT2D eigenvalue weighted by molar-refractivity contribution is 5.22. The van der Waals surface area contributed by atoms with Gasteiger partial charge in [-0.1, -0.05) is 42.7 Å². The molecule has 2 aliphatic carbocycles. The van der Waals surface area contributed by atoms with Gasteiger partial charge in [-0.25, -0.2) is 0 Å². The molecule has 1 heterocycles. The maximum Gasteiger partial charge on any atom is 0.0338 e. The summed E-state index contributed by atoms with van der Waals surface area (Å²) in [6.45, 7) is 5.81. The Kier molecular flexibility index (Phi) is 3.55. The van der Waals surface area contributed by atoms with E-state index >= 15 is 0 Å². The molecule has 4 rings (SSSR count). The predicted molar refractivity (Wildman–Crippen MR) is 87.3 cm³/mol. The fraction of sp³-hybridized carbons (Fsp3) is 0.684. The van der Waals surface area contributed by atoms with Crippen molar-refractivity contribution in [2.45, 2.75) is 63.6 Å². The fourth-order valence-corrected chi connectivity index (χ4v) is 4.42. The van der Waals surface area contributed by atoms with Gasteiger partial charge in [0.1, 0.15) is 0 Å². The standard InChI is InChI=1S/C19H28N2/c1-15-4-6-16(7-5-15)12-21-13-18(17-8-9-17)20-14-19(21)10-2-3-11-19/h4-7,17-18,20H,2-3,8-14H2,1H3. The van der Waals surface area contributed by atoms with Crippen molar-refractivity contribution >= 4 is 0 Å².